The first-order valence-corrected chi connectivity index (χ1v) is 8.28. The van der Waals surface area contributed by atoms with Gasteiger partial charge in [-0.15, -0.1) is 0 Å². The van der Waals surface area contributed by atoms with E-state index < -0.39 is 0 Å². The maximum Gasteiger partial charge on any atom is 0.222 e. The summed E-state index contributed by atoms with van der Waals surface area (Å²) < 4.78 is 3.56. The van der Waals surface area contributed by atoms with Crippen LogP contribution in [0.3, 0.4) is 0 Å². The summed E-state index contributed by atoms with van der Waals surface area (Å²) >= 11 is 0. The van der Waals surface area contributed by atoms with Gasteiger partial charge < -0.3 is 5.32 Å². The monoisotopic (exact) mass is 338 g/mol. The number of aryl methyl sites for hydroxylation is 3. The van der Waals surface area contributed by atoms with Crippen molar-refractivity contribution >= 4 is 5.91 Å². The highest BCUT2D eigenvalue weighted by Gasteiger charge is 2.11. The van der Waals surface area contributed by atoms with Crippen LogP contribution in [-0.2, 0) is 11.3 Å². The summed E-state index contributed by atoms with van der Waals surface area (Å²) in [6, 6.07) is 10.1. The minimum absolute atomic E-state index is 0.00868. The molecule has 7 nitrogen and oxygen atoms in total. The lowest BCUT2D eigenvalue weighted by molar-refractivity contribution is -0.122. The molecule has 1 atom stereocenters. The fraction of sp³-hybridized carbons (Fsp3) is 0.333. The fourth-order valence-corrected chi connectivity index (χ4v) is 2.76. The molecule has 130 valence electrons. The summed E-state index contributed by atoms with van der Waals surface area (Å²) in [7, 11) is 0. The number of hydrogen-bond acceptors (Lipinski definition) is 4. The van der Waals surface area contributed by atoms with Crippen LogP contribution in [0.2, 0.25) is 0 Å². The van der Waals surface area contributed by atoms with Gasteiger partial charge in [-0.05, 0) is 44.5 Å². The van der Waals surface area contributed by atoms with E-state index in [4.69, 9.17) is 0 Å². The molecule has 3 aromatic rings. The van der Waals surface area contributed by atoms with Crippen molar-refractivity contribution in [2.75, 3.05) is 0 Å². The first-order valence-electron chi connectivity index (χ1n) is 8.28. The van der Waals surface area contributed by atoms with Gasteiger partial charge in [0.1, 0.15) is 12.7 Å². The molecular formula is C18H22N6O. The lowest BCUT2D eigenvalue weighted by Crippen LogP contribution is -2.27. The molecule has 1 aromatic carbocycles. The normalized spacial score (nSPS) is 12.1. The van der Waals surface area contributed by atoms with Crippen LogP contribution in [0.25, 0.3) is 5.69 Å². The molecule has 0 saturated carbocycles. The predicted octanol–water partition coefficient (Wildman–Crippen LogP) is 2.35. The number of hydrogen-bond donors (Lipinski definition) is 1. The van der Waals surface area contributed by atoms with Crippen LogP contribution in [0.15, 0.2) is 43.0 Å². The highest BCUT2D eigenvalue weighted by Crippen LogP contribution is 2.17. The van der Waals surface area contributed by atoms with E-state index in [1.165, 1.54) is 6.33 Å². The number of carbonyl (C=O) groups is 1. The number of rotatable bonds is 6. The SMILES string of the molecule is Cc1cc(C)n(-c2ccc([C@H](C)NC(=O)CCn3cncn3)cc2)n1. The van der Waals surface area contributed by atoms with Gasteiger partial charge >= 0.3 is 0 Å². The standard InChI is InChI=1S/C18H22N6O/c1-13-10-14(2)24(22-13)17-6-4-16(5-7-17)15(3)21-18(25)8-9-23-12-19-11-20-23/h4-7,10-12,15H,8-9H2,1-3H3,(H,21,25)/t15-/m0/s1. The molecule has 0 fully saturated rings. The minimum atomic E-state index is -0.0576. The Morgan fingerprint density at radius 1 is 1.24 bits per heavy atom. The summed E-state index contributed by atoms with van der Waals surface area (Å²) in [6.07, 6.45) is 3.44. The Morgan fingerprint density at radius 2 is 2.00 bits per heavy atom. The second kappa shape index (κ2) is 7.29. The van der Waals surface area contributed by atoms with E-state index in [0.29, 0.717) is 13.0 Å². The molecule has 0 aliphatic rings. The average Bonchev–Trinajstić information content (AvgIpc) is 3.22. The zero-order chi connectivity index (χ0) is 17.8. The Kier molecular flexibility index (Phi) is 4.92. The van der Waals surface area contributed by atoms with Crippen molar-refractivity contribution in [2.45, 2.75) is 39.8 Å². The Morgan fingerprint density at radius 3 is 2.60 bits per heavy atom. The van der Waals surface area contributed by atoms with Crippen molar-refractivity contribution < 1.29 is 4.79 Å². The average molecular weight is 338 g/mol. The van der Waals surface area contributed by atoms with Gasteiger partial charge in [-0.2, -0.15) is 10.2 Å². The third-order valence-electron chi connectivity index (χ3n) is 4.06. The third-order valence-corrected chi connectivity index (χ3v) is 4.06. The summed E-state index contributed by atoms with van der Waals surface area (Å²) in [5, 5.41) is 11.5. The summed E-state index contributed by atoms with van der Waals surface area (Å²) in [5.41, 5.74) is 4.16. The van der Waals surface area contributed by atoms with Crippen molar-refractivity contribution in [2.24, 2.45) is 0 Å². The minimum Gasteiger partial charge on any atom is -0.350 e. The molecule has 1 amide bonds. The molecule has 2 aromatic heterocycles. The van der Waals surface area contributed by atoms with Gasteiger partial charge in [0.2, 0.25) is 5.91 Å². The Balaban J connectivity index is 1.59. The second-order valence-corrected chi connectivity index (χ2v) is 6.13. The van der Waals surface area contributed by atoms with E-state index >= 15 is 0 Å². The van der Waals surface area contributed by atoms with Crippen LogP contribution in [-0.4, -0.2) is 30.5 Å². The maximum atomic E-state index is 12.1. The van der Waals surface area contributed by atoms with Gasteiger partial charge in [-0.3, -0.25) is 9.48 Å². The van der Waals surface area contributed by atoms with Gasteiger partial charge in [-0.1, -0.05) is 12.1 Å². The zero-order valence-electron chi connectivity index (χ0n) is 14.7. The molecule has 0 unspecified atom stereocenters. The van der Waals surface area contributed by atoms with Crippen LogP contribution in [0.5, 0.6) is 0 Å². The van der Waals surface area contributed by atoms with Crippen molar-refractivity contribution in [3.05, 3.63) is 59.9 Å². The molecule has 25 heavy (non-hydrogen) atoms. The Labute approximate surface area is 146 Å². The van der Waals surface area contributed by atoms with Gasteiger partial charge in [0.05, 0.1) is 24.0 Å². The number of aromatic nitrogens is 5. The molecule has 0 aliphatic carbocycles. The maximum absolute atomic E-state index is 12.1. The number of nitrogens with zero attached hydrogens (tertiary/aromatic N) is 5. The summed E-state index contributed by atoms with van der Waals surface area (Å²) in [6.45, 7) is 6.52. The van der Waals surface area contributed by atoms with Crippen molar-refractivity contribution in [3.63, 3.8) is 0 Å². The van der Waals surface area contributed by atoms with E-state index in [1.807, 2.05) is 55.8 Å². The number of amides is 1. The lowest BCUT2D eigenvalue weighted by Gasteiger charge is -2.15. The molecular weight excluding hydrogens is 316 g/mol. The predicted molar refractivity (Wildman–Crippen MR) is 94.2 cm³/mol. The number of carbonyl (C=O) groups excluding carboxylic acids is 1. The molecule has 0 saturated heterocycles. The largest absolute Gasteiger partial charge is 0.350 e. The van der Waals surface area contributed by atoms with E-state index in [9.17, 15) is 4.79 Å². The Bertz CT molecular complexity index is 835. The van der Waals surface area contributed by atoms with Crippen LogP contribution in [0.4, 0.5) is 0 Å². The van der Waals surface area contributed by atoms with Gasteiger partial charge in [0.25, 0.3) is 0 Å². The number of nitrogens with one attached hydrogen (secondary N) is 1. The summed E-state index contributed by atoms with van der Waals surface area (Å²) in [5.74, 6) is -0.00868. The van der Waals surface area contributed by atoms with Crippen LogP contribution in [0.1, 0.15) is 36.3 Å². The van der Waals surface area contributed by atoms with Crippen molar-refractivity contribution in [3.8, 4) is 5.69 Å². The second-order valence-electron chi connectivity index (χ2n) is 6.13. The van der Waals surface area contributed by atoms with E-state index in [1.54, 1.807) is 11.0 Å². The lowest BCUT2D eigenvalue weighted by atomic mass is 10.1. The highest BCUT2D eigenvalue weighted by molar-refractivity contribution is 5.76. The van der Waals surface area contributed by atoms with E-state index in [0.717, 1.165) is 22.6 Å². The molecule has 0 spiro atoms. The zero-order valence-corrected chi connectivity index (χ0v) is 14.7. The fourth-order valence-electron chi connectivity index (χ4n) is 2.76. The van der Waals surface area contributed by atoms with Crippen LogP contribution >= 0.6 is 0 Å². The van der Waals surface area contributed by atoms with Crippen LogP contribution in [0, 0.1) is 13.8 Å². The molecule has 0 aliphatic heterocycles. The number of benzene rings is 1. The molecule has 1 N–H and O–H groups in total. The van der Waals surface area contributed by atoms with Gasteiger partial charge in [-0.25, -0.2) is 9.67 Å². The van der Waals surface area contributed by atoms with E-state index in [-0.39, 0.29) is 11.9 Å². The molecule has 7 heteroatoms. The molecule has 0 radical (unpaired) electrons. The van der Waals surface area contributed by atoms with Gasteiger partial charge in [0, 0.05) is 12.1 Å². The highest BCUT2D eigenvalue weighted by atomic mass is 16.1. The molecule has 2 heterocycles. The first-order chi connectivity index (χ1) is 12.0. The molecule has 3 rings (SSSR count). The van der Waals surface area contributed by atoms with Gasteiger partial charge in [0.15, 0.2) is 0 Å². The smallest absolute Gasteiger partial charge is 0.222 e. The third kappa shape index (κ3) is 4.12. The molecule has 0 bridgehead atoms. The summed E-state index contributed by atoms with van der Waals surface area (Å²) in [4.78, 5) is 15.9. The first kappa shape index (κ1) is 16.9. The van der Waals surface area contributed by atoms with Crippen LogP contribution < -0.4 is 5.32 Å². The van der Waals surface area contributed by atoms with E-state index in [2.05, 4.69) is 20.5 Å². The van der Waals surface area contributed by atoms with Crippen molar-refractivity contribution in [1.29, 1.82) is 0 Å². The van der Waals surface area contributed by atoms with Crippen molar-refractivity contribution in [1.82, 2.24) is 29.9 Å². The quantitative estimate of drug-likeness (QED) is 0.748. The Hall–Kier alpha value is -2.96. The topological polar surface area (TPSA) is 77.6 Å².